The number of nitrogens with zero attached hydrogens (tertiary/aromatic N) is 1. The number of furan rings is 1. The van der Waals surface area contributed by atoms with E-state index in [-0.39, 0.29) is 28.9 Å². The molecule has 0 saturated carbocycles. The number of hydrogen-bond acceptors (Lipinski definition) is 5. The highest BCUT2D eigenvalue weighted by molar-refractivity contribution is 9.10. The summed E-state index contributed by atoms with van der Waals surface area (Å²) >= 11 is 3.33. The van der Waals surface area contributed by atoms with Crippen LogP contribution >= 0.6 is 15.9 Å². The van der Waals surface area contributed by atoms with Gasteiger partial charge in [0.05, 0.1) is 5.92 Å². The van der Waals surface area contributed by atoms with E-state index in [0.717, 1.165) is 11.4 Å². The van der Waals surface area contributed by atoms with Gasteiger partial charge in [-0.3, -0.25) is 14.4 Å². The maximum absolute atomic E-state index is 13.4. The third kappa shape index (κ3) is 3.57. The lowest BCUT2D eigenvalue weighted by molar-refractivity contribution is -0.138. The number of rotatable bonds is 3. The molecule has 3 aliphatic rings. The first-order chi connectivity index (χ1) is 13.9. The van der Waals surface area contributed by atoms with Crippen molar-refractivity contribution in [3.63, 3.8) is 0 Å². The van der Waals surface area contributed by atoms with Gasteiger partial charge in [0.1, 0.15) is 12.3 Å². The molecule has 0 saturated heterocycles. The molecule has 0 aromatic carbocycles. The molecular formula is C23H26BrNO5. The first-order valence-corrected chi connectivity index (χ1v) is 10.9. The van der Waals surface area contributed by atoms with Crippen LogP contribution in [0.5, 0.6) is 0 Å². The molecule has 0 unspecified atom stereocenters. The lowest BCUT2D eigenvalue weighted by Crippen LogP contribution is -2.45. The minimum atomic E-state index is -0.987. The van der Waals surface area contributed by atoms with Gasteiger partial charge < -0.3 is 14.4 Å². The summed E-state index contributed by atoms with van der Waals surface area (Å²) in [6, 6.07) is 3.55. The van der Waals surface area contributed by atoms with Gasteiger partial charge in [0, 0.05) is 35.4 Å². The number of halogens is 1. The Hall–Kier alpha value is -2.15. The van der Waals surface area contributed by atoms with Crippen molar-refractivity contribution in [3.8, 4) is 0 Å². The number of ketones is 2. The Kier molecular flexibility index (Phi) is 4.88. The lowest BCUT2D eigenvalue weighted by atomic mass is 9.64. The minimum Gasteiger partial charge on any atom is -0.480 e. The predicted molar refractivity (Wildman–Crippen MR) is 114 cm³/mol. The maximum atomic E-state index is 13.4. The highest BCUT2D eigenvalue weighted by Gasteiger charge is 2.50. The van der Waals surface area contributed by atoms with Gasteiger partial charge in [-0.15, -0.1) is 0 Å². The predicted octanol–water partition coefficient (Wildman–Crippen LogP) is 4.81. The fraction of sp³-hybridized carbons (Fsp3) is 0.522. The number of carbonyl (C=O) groups excluding carboxylic acids is 2. The van der Waals surface area contributed by atoms with Gasteiger partial charge in [0.25, 0.3) is 0 Å². The van der Waals surface area contributed by atoms with Gasteiger partial charge in [-0.2, -0.15) is 0 Å². The minimum absolute atomic E-state index is 0.0432. The van der Waals surface area contributed by atoms with Crippen molar-refractivity contribution < 1.29 is 23.9 Å². The second kappa shape index (κ2) is 6.94. The van der Waals surface area contributed by atoms with E-state index in [9.17, 15) is 19.5 Å². The number of aliphatic carboxylic acids is 1. The molecule has 160 valence electrons. The normalized spacial score (nSPS) is 23.6. The van der Waals surface area contributed by atoms with E-state index >= 15 is 0 Å². The molecule has 0 bridgehead atoms. The number of carboxylic acids is 1. The summed E-state index contributed by atoms with van der Waals surface area (Å²) in [6.45, 7) is 7.81. The SMILES string of the molecule is CC1(C)CC(=O)C2=C(C1)N(CC(=O)O)C1=C(C(=O)CC(C)(C)C1)C2c1ccc(Br)o1. The molecule has 7 heteroatoms. The zero-order valence-corrected chi connectivity index (χ0v) is 19.3. The second-order valence-electron chi connectivity index (χ2n) is 10.2. The van der Waals surface area contributed by atoms with Gasteiger partial charge >= 0.3 is 5.97 Å². The molecule has 6 nitrogen and oxygen atoms in total. The summed E-state index contributed by atoms with van der Waals surface area (Å²) < 4.78 is 6.38. The van der Waals surface area contributed by atoms with E-state index in [1.807, 2.05) is 27.7 Å². The van der Waals surface area contributed by atoms with E-state index in [2.05, 4.69) is 15.9 Å². The van der Waals surface area contributed by atoms with Crippen molar-refractivity contribution in [2.24, 2.45) is 10.8 Å². The van der Waals surface area contributed by atoms with Crippen LogP contribution in [0.4, 0.5) is 0 Å². The molecule has 1 aliphatic heterocycles. The van der Waals surface area contributed by atoms with E-state index in [1.165, 1.54) is 0 Å². The Morgan fingerprint density at radius 1 is 1.03 bits per heavy atom. The van der Waals surface area contributed by atoms with Crippen molar-refractivity contribution in [3.05, 3.63) is 45.1 Å². The fourth-order valence-corrected chi connectivity index (χ4v) is 5.46. The van der Waals surface area contributed by atoms with Crippen molar-refractivity contribution in [1.82, 2.24) is 4.90 Å². The van der Waals surface area contributed by atoms with E-state index in [4.69, 9.17) is 4.42 Å². The van der Waals surface area contributed by atoms with Crippen molar-refractivity contribution in [2.75, 3.05) is 6.54 Å². The van der Waals surface area contributed by atoms with E-state index in [1.54, 1.807) is 17.0 Å². The molecule has 4 rings (SSSR count). The molecule has 1 N–H and O–H groups in total. The average molecular weight is 476 g/mol. The van der Waals surface area contributed by atoms with Crippen LogP contribution in [0.1, 0.15) is 65.1 Å². The third-order valence-electron chi connectivity index (χ3n) is 6.19. The number of carbonyl (C=O) groups is 3. The van der Waals surface area contributed by atoms with Crippen LogP contribution in [0.25, 0.3) is 0 Å². The van der Waals surface area contributed by atoms with Gasteiger partial charge in [-0.25, -0.2) is 0 Å². The zero-order chi connectivity index (χ0) is 22.0. The zero-order valence-electron chi connectivity index (χ0n) is 17.7. The van der Waals surface area contributed by atoms with Gasteiger partial charge in [0.2, 0.25) is 0 Å². The van der Waals surface area contributed by atoms with Gasteiger partial charge in [-0.05, 0) is 51.7 Å². The summed E-state index contributed by atoms with van der Waals surface area (Å²) in [5, 5.41) is 9.64. The third-order valence-corrected chi connectivity index (χ3v) is 6.62. The van der Waals surface area contributed by atoms with Crippen LogP contribution in [0.15, 0.2) is 43.8 Å². The summed E-state index contributed by atoms with van der Waals surface area (Å²) in [6.07, 6.45) is 1.86. The molecule has 1 aromatic heterocycles. The molecule has 0 spiro atoms. The second-order valence-corrected chi connectivity index (χ2v) is 10.9. The molecule has 2 aliphatic carbocycles. The Balaban J connectivity index is 2.00. The quantitative estimate of drug-likeness (QED) is 0.674. The molecule has 30 heavy (non-hydrogen) atoms. The molecule has 0 radical (unpaired) electrons. The van der Waals surface area contributed by atoms with E-state index < -0.39 is 11.9 Å². The molecular weight excluding hydrogens is 450 g/mol. The van der Waals surface area contributed by atoms with E-state index in [0.29, 0.717) is 47.3 Å². The van der Waals surface area contributed by atoms with Crippen LogP contribution in [-0.2, 0) is 14.4 Å². The molecule has 0 atom stereocenters. The van der Waals surface area contributed by atoms with Crippen LogP contribution in [-0.4, -0.2) is 34.1 Å². The fourth-order valence-electron chi connectivity index (χ4n) is 5.14. The molecule has 0 fully saturated rings. The van der Waals surface area contributed by atoms with Gasteiger partial charge in [-0.1, -0.05) is 27.7 Å². The highest BCUT2D eigenvalue weighted by atomic mass is 79.9. The highest BCUT2D eigenvalue weighted by Crippen LogP contribution is 2.54. The number of carboxylic acid groups (broad SMARTS) is 1. The number of Topliss-reactive ketones (excluding diaryl/α,β-unsaturated/α-hetero) is 2. The van der Waals surface area contributed by atoms with Crippen LogP contribution in [0.2, 0.25) is 0 Å². The average Bonchev–Trinajstić information content (AvgIpc) is 2.99. The van der Waals surface area contributed by atoms with Crippen molar-refractivity contribution >= 4 is 33.5 Å². The Labute approximate surface area is 184 Å². The Morgan fingerprint density at radius 2 is 1.53 bits per heavy atom. The van der Waals surface area contributed by atoms with Crippen molar-refractivity contribution in [1.29, 1.82) is 0 Å². The summed E-state index contributed by atoms with van der Waals surface area (Å²) in [4.78, 5) is 40.2. The molecule has 1 aromatic rings. The Morgan fingerprint density at radius 3 is 1.93 bits per heavy atom. The first-order valence-electron chi connectivity index (χ1n) is 10.2. The van der Waals surface area contributed by atoms with Crippen LogP contribution in [0.3, 0.4) is 0 Å². The maximum Gasteiger partial charge on any atom is 0.323 e. The first kappa shape index (κ1) is 21.1. The summed E-state index contributed by atoms with van der Waals surface area (Å²) in [5.74, 6) is -1.12. The van der Waals surface area contributed by atoms with Crippen LogP contribution < -0.4 is 0 Å². The smallest absolute Gasteiger partial charge is 0.323 e. The van der Waals surface area contributed by atoms with Crippen LogP contribution in [0, 0.1) is 10.8 Å². The summed E-state index contributed by atoms with van der Waals surface area (Å²) in [5.41, 5.74) is 1.91. The largest absolute Gasteiger partial charge is 0.480 e. The Bertz CT molecular complexity index is 972. The lowest BCUT2D eigenvalue weighted by Gasteiger charge is -2.48. The van der Waals surface area contributed by atoms with Gasteiger partial charge in [0.15, 0.2) is 16.2 Å². The molecule has 2 heterocycles. The topological polar surface area (TPSA) is 87.8 Å². The van der Waals surface area contributed by atoms with Crippen molar-refractivity contribution in [2.45, 2.75) is 59.3 Å². The number of hydrogen-bond donors (Lipinski definition) is 1. The molecule has 0 amide bonds. The summed E-state index contributed by atoms with van der Waals surface area (Å²) in [7, 11) is 0. The monoisotopic (exact) mass is 475 g/mol. The number of allylic oxidation sites excluding steroid dienone is 4. The standard InChI is InChI=1S/C23H26BrNO5/c1-22(2)7-12-19(14(26)9-22)21(16-5-6-17(24)30-16)20-13(25(12)11-18(28)29)8-23(3,4)10-15(20)27/h5-6,21H,7-11H2,1-4H3,(H,28,29).